The molecular formula is C15H23N3O3S. The van der Waals surface area contributed by atoms with E-state index in [-0.39, 0.29) is 0 Å². The molecule has 0 spiro atoms. The van der Waals surface area contributed by atoms with Crippen molar-refractivity contribution in [3.8, 4) is 17.2 Å². The molecule has 7 heteroatoms. The average Bonchev–Trinajstić information content (AvgIpc) is 2.52. The standard InChI is InChI=1S/C15H23N3O3S/c1-5-7-21-14-12(19-3)8-11(9-13(14)20-4)10-17-18-15(22)16-6-2/h8-10H,5-7H2,1-4H3,(H2,16,18,22)/b17-10+. The first-order chi connectivity index (χ1) is 10.7. The van der Waals surface area contributed by atoms with Crippen LogP contribution in [0.4, 0.5) is 0 Å². The molecule has 0 saturated heterocycles. The van der Waals surface area contributed by atoms with Crippen LogP contribution in [-0.4, -0.2) is 38.7 Å². The molecule has 0 aromatic heterocycles. The van der Waals surface area contributed by atoms with Crippen LogP contribution in [-0.2, 0) is 0 Å². The largest absolute Gasteiger partial charge is 0.493 e. The molecule has 1 rings (SSSR count). The summed E-state index contributed by atoms with van der Waals surface area (Å²) in [7, 11) is 3.18. The van der Waals surface area contributed by atoms with E-state index in [9.17, 15) is 0 Å². The van der Waals surface area contributed by atoms with E-state index in [1.807, 2.05) is 26.0 Å². The van der Waals surface area contributed by atoms with E-state index >= 15 is 0 Å². The summed E-state index contributed by atoms with van der Waals surface area (Å²) < 4.78 is 16.4. The van der Waals surface area contributed by atoms with Gasteiger partial charge in [-0.05, 0) is 37.7 Å². The number of hydrogen-bond acceptors (Lipinski definition) is 5. The number of hydrazone groups is 1. The predicted molar refractivity (Wildman–Crippen MR) is 92.3 cm³/mol. The Morgan fingerprint density at radius 3 is 2.36 bits per heavy atom. The van der Waals surface area contributed by atoms with Crippen LogP contribution in [0.2, 0.25) is 0 Å². The number of ether oxygens (including phenoxy) is 3. The first-order valence-electron chi connectivity index (χ1n) is 7.11. The average molecular weight is 325 g/mol. The molecule has 0 aliphatic carbocycles. The van der Waals surface area contributed by atoms with Gasteiger partial charge >= 0.3 is 0 Å². The molecular weight excluding hydrogens is 302 g/mol. The van der Waals surface area contributed by atoms with Gasteiger partial charge in [0.15, 0.2) is 16.6 Å². The summed E-state index contributed by atoms with van der Waals surface area (Å²) >= 11 is 5.03. The van der Waals surface area contributed by atoms with Crippen molar-refractivity contribution >= 4 is 23.5 Å². The Bertz CT molecular complexity index is 496. The van der Waals surface area contributed by atoms with E-state index in [1.54, 1.807) is 20.4 Å². The number of nitrogens with zero attached hydrogens (tertiary/aromatic N) is 1. The molecule has 22 heavy (non-hydrogen) atoms. The highest BCUT2D eigenvalue weighted by Gasteiger charge is 2.13. The minimum Gasteiger partial charge on any atom is -0.493 e. The third-order valence-corrected chi connectivity index (χ3v) is 2.89. The SMILES string of the molecule is CCCOc1c(OC)cc(/C=N/NC(=S)NCC)cc1OC. The second-order valence-electron chi connectivity index (χ2n) is 4.33. The zero-order valence-corrected chi connectivity index (χ0v) is 14.3. The molecule has 0 bridgehead atoms. The van der Waals surface area contributed by atoms with E-state index < -0.39 is 0 Å². The summed E-state index contributed by atoms with van der Waals surface area (Å²) in [5, 5.41) is 7.49. The lowest BCUT2D eigenvalue weighted by Gasteiger charge is -2.14. The monoisotopic (exact) mass is 325 g/mol. The molecule has 1 aromatic carbocycles. The molecule has 0 fully saturated rings. The second kappa shape index (κ2) is 9.83. The smallest absolute Gasteiger partial charge is 0.203 e. The minimum atomic E-state index is 0.473. The molecule has 0 saturated carbocycles. The fourth-order valence-corrected chi connectivity index (χ4v) is 1.88. The lowest BCUT2D eigenvalue weighted by atomic mass is 10.2. The lowest BCUT2D eigenvalue weighted by molar-refractivity contribution is 0.275. The number of thiocarbonyl (C=S) groups is 1. The highest BCUT2D eigenvalue weighted by Crippen LogP contribution is 2.38. The minimum absolute atomic E-state index is 0.473. The number of rotatable bonds is 8. The van der Waals surface area contributed by atoms with E-state index in [0.29, 0.717) is 29.0 Å². The van der Waals surface area contributed by atoms with Gasteiger partial charge in [0.05, 0.1) is 27.0 Å². The fraction of sp³-hybridized carbons (Fsp3) is 0.467. The van der Waals surface area contributed by atoms with Gasteiger partial charge in [-0.2, -0.15) is 5.10 Å². The van der Waals surface area contributed by atoms with E-state index in [0.717, 1.165) is 18.5 Å². The number of benzene rings is 1. The molecule has 0 heterocycles. The van der Waals surface area contributed by atoms with Gasteiger partial charge in [0.1, 0.15) is 0 Å². The van der Waals surface area contributed by atoms with Crippen LogP contribution >= 0.6 is 12.2 Å². The third-order valence-electron chi connectivity index (χ3n) is 2.65. The molecule has 0 aliphatic heterocycles. The highest BCUT2D eigenvalue weighted by atomic mass is 32.1. The molecule has 0 amide bonds. The van der Waals surface area contributed by atoms with Crippen molar-refractivity contribution in [1.82, 2.24) is 10.7 Å². The van der Waals surface area contributed by atoms with Crippen LogP contribution in [0.5, 0.6) is 17.2 Å². The quantitative estimate of drug-likeness (QED) is 0.434. The molecule has 0 radical (unpaired) electrons. The second-order valence-corrected chi connectivity index (χ2v) is 4.74. The van der Waals surface area contributed by atoms with E-state index in [2.05, 4.69) is 15.8 Å². The summed E-state index contributed by atoms with van der Waals surface area (Å²) in [6.07, 6.45) is 2.54. The van der Waals surface area contributed by atoms with Crippen molar-refractivity contribution in [2.75, 3.05) is 27.4 Å². The van der Waals surface area contributed by atoms with Crippen molar-refractivity contribution < 1.29 is 14.2 Å². The Balaban J connectivity index is 2.92. The first kappa shape index (κ1) is 18.0. The van der Waals surface area contributed by atoms with Crippen LogP contribution in [0.15, 0.2) is 17.2 Å². The van der Waals surface area contributed by atoms with Crippen LogP contribution in [0.1, 0.15) is 25.8 Å². The van der Waals surface area contributed by atoms with Gasteiger partial charge < -0.3 is 19.5 Å². The molecule has 0 atom stereocenters. The summed E-state index contributed by atoms with van der Waals surface area (Å²) in [4.78, 5) is 0. The van der Waals surface area contributed by atoms with Gasteiger partial charge in [0, 0.05) is 12.1 Å². The molecule has 0 unspecified atom stereocenters. The summed E-state index contributed by atoms with van der Waals surface area (Å²) in [5.41, 5.74) is 3.54. The van der Waals surface area contributed by atoms with Crippen LogP contribution in [0.25, 0.3) is 0 Å². The normalized spacial score (nSPS) is 10.4. The van der Waals surface area contributed by atoms with Crippen LogP contribution in [0.3, 0.4) is 0 Å². The number of methoxy groups -OCH3 is 2. The van der Waals surface area contributed by atoms with E-state index in [4.69, 9.17) is 26.4 Å². The Morgan fingerprint density at radius 1 is 1.23 bits per heavy atom. The molecule has 0 aliphatic rings. The maximum Gasteiger partial charge on any atom is 0.203 e. The van der Waals surface area contributed by atoms with Crippen molar-refractivity contribution in [1.29, 1.82) is 0 Å². The Kier molecular flexibility index (Phi) is 8.06. The molecule has 122 valence electrons. The maximum atomic E-state index is 5.69. The predicted octanol–water partition coefficient (Wildman–Crippen LogP) is 2.31. The third kappa shape index (κ3) is 5.40. The summed E-state index contributed by atoms with van der Waals surface area (Å²) in [6.45, 7) is 5.34. The van der Waals surface area contributed by atoms with Gasteiger partial charge in [-0.1, -0.05) is 6.92 Å². The Morgan fingerprint density at radius 2 is 1.86 bits per heavy atom. The van der Waals surface area contributed by atoms with Crippen molar-refractivity contribution in [2.45, 2.75) is 20.3 Å². The lowest BCUT2D eigenvalue weighted by Crippen LogP contribution is -2.31. The van der Waals surface area contributed by atoms with Gasteiger partial charge in [-0.15, -0.1) is 0 Å². The molecule has 2 N–H and O–H groups in total. The first-order valence-corrected chi connectivity index (χ1v) is 7.52. The summed E-state index contributed by atoms with van der Waals surface area (Å²) in [6, 6.07) is 3.66. The van der Waals surface area contributed by atoms with Crippen molar-refractivity contribution in [3.05, 3.63) is 17.7 Å². The zero-order chi connectivity index (χ0) is 16.4. The Labute approximate surface area is 136 Å². The zero-order valence-electron chi connectivity index (χ0n) is 13.4. The summed E-state index contributed by atoms with van der Waals surface area (Å²) in [5.74, 6) is 1.80. The van der Waals surface area contributed by atoms with Crippen LogP contribution in [0, 0.1) is 0 Å². The van der Waals surface area contributed by atoms with Crippen molar-refractivity contribution in [3.63, 3.8) is 0 Å². The van der Waals surface area contributed by atoms with Crippen molar-refractivity contribution in [2.24, 2.45) is 5.10 Å². The maximum absolute atomic E-state index is 5.69. The number of hydrogen-bond donors (Lipinski definition) is 2. The van der Waals surface area contributed by atoms with Gasteiger partial charge in [-0.25, -0.2) is 0 Å². The highest BCUT2D eigenvalue weighted by molar-refractivity contribution is 7.80. The van der Waals surface area contributed by atoms with Crippen LogP contribution < -0.4 is 25.0 Å². The number of nitrogens with one attached hydrogen (secondary N) is 2. The van der Waals surface area contributed by atoms with E-state index in [1.165, 1.54) is 0 Å². The Hall–Kier alpha value is -2.02. The van der Waals surface area contributed by atoms with Gasteiger partial charge in [-0.3, -0.25) is 5.43 Å². The fourth-order valence-electron chi connectivity index (χ4n) is 1.69. The van der Waals surface area contributed by atoms with Gasteiger partial charge in [0.2, 0.25) is 5.75 Å². The van der Waals surface area contributed by atoms with Gasteiger partial charge in [0.25, 0.3) is 0 Å². The molecule has 6 nitrogen and oxygen atoms in total. The molecule has 1 aromatic rings. The topological polar surface area (TPSA) is 64.1 Å².